The summed E-state index contributed by atoms with van der Waals surface area (Å²) in [6.07, 6.45) is 1.14. The minimum atomic E-state index is -0.453. The van der Waals surface area contributed by atoms with E-state index in [1.165, 1.54) is 0 Å². The standard InChI is InChI=1S/C11H21NO2/c1-6-11(4,5)12-10(14)9(13)7-8(2)3/h8H,6-7H2,1-5H3,(H,12,14). The van der Waals surface area contributed by atoms with Gasteiger partial charge in [0.1, 0.15) is 0 Å². The second-order valence-corrected chi connectivity index (χ2v) is 4.71. The molecular formula is C11H21NO2. The first-order valence-electron chi connectivity index (χ1n) is 5.14. The van der Waals surface area contributed by atoms with Gasteiger partial charge in [-0.05, 0) is 26.2 Å². The van der Waals surface area contributed by atoms with E-state index < -0.39 is 5.91 Å². The van der Waals surface area contributed by atoms with Gasteiger partial charge in [0.05, 0.1) is 0 Å². The summed E-state index contributed by atoms with van der Waals surface area (Å²) in [4.78, 5) is 22.7. The molecule has 0 bridgehead atoms. The molecule has 0 aliphatic heterocycles. The van der Waals surface area contributed by atoms with Gasteiger partial charge in [-0.2, -0.15) is 0 Å². The molecule has 0 aliphatic carbocycles. The summed E-state index contributed by atoms with van der Waals surface area (Å²) in [6.45, 7) is 9.65. The highest BCUT2D eigenvalue weighted by Crippen LogP contribution is 2.07. The van der Waals surface area contributed by atoms with E-state index in [0.717, 1.165) is 6.42 Å². The highest BCUT2D eigenvalue weighted by atomic mass is 16.2. The van der Waals surface area contributed by atoms with Crippen LogP contribution in [0, 0.1) is 5.92 Å². The van der Waals surface area contributed by atoms with Gasteiger partial charge in [0.2, 0.25) is 5.78 Å². The third-order valence-corrected chi connectivity index (χ3v) is 2.18. The molecule has 0 saturated carbocycles. The largest absolute Gasteiger partial charge is 0.345 e. The lowest BCUT2D eigenvalue weighted by Gasteiger charge is -2.24. The van der Waals surface area contributed by atoms with Gasteiger partial charge in [-0.1, -0.05) is 20.8 Å². The van der Waals surface area contributed by atoms with Gasteiger partial charge < -0.3 is 5.32 Å². The molecule has 0 aliphatic rings. The van der Waals surface area contributed by atoms with Crippen LogP contribution in [0.5, 0.6) is 0 Å². The van der Waals surface area contributed by atoms with Crippen molar-refractivity contribution in [3.8, 4) is 0 Å². The van der Waals surface area contributed by atoms with E-state index >= 15 is 0 Å². The van der Waals surface area contributed by atoms with Gasteiger partial charge >= 0.3 is 0 Å². The Bertz CT molecular complexity index is 219. The zero-order valence-corrected chi connectivity index (χ0v) is 9.81. The Balaban J connectivity index is 4.15. The van der Waals surface area contributed by atoms with Crippen LogP contribution in [0.1, 0.15) is 47.5 Å². The van der Waals surface area contributed by atoms with Crippen molar-refractivity contribution in [2.45, 2.75) is 53.0 Å². The fourth-order valence-electron chi connectivity index (χ4n) is 0.929. The first-order chi connectivity index (χ1) is 6.28. The van der Waals surface area contributed by atoms with Crippen molar-refractivity contribution < 1.29 is 9.59 Å². The molecule has 0 rings (SSSR count). The van der Waals surface area contributed by atoms with Gasteiger partial charge in [-0.15, -0.1) is 0 Å². The van der Waals surface area contributed by atoms with Gasteiger partial charge in [0.25, 0.3) is 5.91 Å². The van der Waals surface area contributed by atoms with Crippen molar-refractivity contribution in [1.82, 2.24) is 5.32 Å². The summed E-state index contributed by atoms with van der Waals surface area (Å²) in [5, 5.41) is 2.72. The zero-order chi connectivity index (χ0) is 11.4. The van der Waals surface area contributed by atoms with Crippen LogP contribution in [0.4, 0.5) is 0 Å². The van der Waals surface area contributed by atoms with Gasteiger partial charge in [0, 0.05) is 12.0 Å². The van der Waals surface area contributed by atoms with Crippen LogP contribution in [0.15, 0.2) is 0 Å². The van der Waals surface area contributed by atoms with Crippen molar-refractivity contribution in [2.24, 2.45) is 5.92 Å². The highest BCUT2D eigenvalue weighted by Gasteiger charge is 2.22. The van der Waals surface area contributed by atoms with Crippen molar-refractivity contribution >= 4 is 11.7 Å². The number of hydrogen-bond donors (Lipinski definition) is 1. The summed E-state index contributed by atoms with van der Waals surface area (Å²) in [5.41, 5.74) is -0.288. The molecule has 0 aromatic heterocycles. The predicted molar refractivity (Wildman–Crippen MR) is 57.0 cm³/mol. The van der Waals surface area contributed by atoms with Crippen LogP contribution >= 0.6 is 0 Å². The van der Waals surface area contributed by atoms with Gasteiger partial charge in [0.15, 0.2) is 0 Å². The molecule has 14 heavy (non-hydrogen) atoms. The number of Topliss-reactive ketones (excluding diaryl/α,β-unsaturated/α-hetero) is 1. The molecule has 1 amide bonds. The van der Waals surface area contributed by atoms with E-state index in [1.54, 1.807) is 0 Å². The van der Waals surface area contributed by atoms with E-state index in [1.807, 2.05) is 34.6 Å². The van der Waals surface area contributed by atoms with Crippen molar-refractivity contribution in [3.63, 3.8) is 0 Å². The maximum Gasteiger partial charge on any atom is 0.287 e. The third-order valence-electron chi connectivity index (χ3n) is 2.18. The molecule has 3 nitrogen and oxygen atoms in total. The monoisotopic (exact) mass is 199 g/mol. The van der Waals surface area contributed by atoms with Crippen LogP contribution in [-0.2, 0) is 9.59 Å². The zero-order valence-electron chi connectivity index (χ0n) is 9.81. The quantitative estimate of drug-likeness (QED) is 0.687. The lowest BCUT2D eigenvalue weighted by atomic mass is 10.0. The summed E-state index contributed by atoms with van der Waals surface area (Å²) in [5.74, 6) is -0.537. The van der Waals surface area contributed by atoms with Gasteiger partial charge in [-0.25, -0.2) is 0 Å². The Morgan fingerprint density at radius 2 is 1.79 bits per heavy atom. The Morgan fingerprint density at radius 3 is 2.14 bits per heavy atom. The average Bonchev–Trinajstić information content (AvgIpc) is 2.02. The Morgan fingerprint density at radius 1 is 1.29 bits per heavy atom. The SMILES string of the molecule is CCC(C)(C)NC(=O)C(=O)CC(C)C. The summed E-state index contributed by atoms with van der Waals surface area (Å²) in [7, 11) is 0. The topological polar surface area (TPSA) is 46.2 Å². The number of carbonyl (C=O) groups is 2. The number of ketones is 1. The Hall–Kier alpha value is -0.860. The third kappa shape index (κ3) is 5.00. The van der Waals surface area contributed by atoms with Crippen LogP contribution in [0.25, 0.3) is 0 Å². The maximum absolute atomic E-state index is 11.4. The molecule has 3 heteroatoms. The molecule has 0 unspecified atom stereocenters. The van der Waals surface area contributed by atoms with E-state index in [4.69, 9.17) is 0 Å². The number of rotatable bonds is 5. The number of hydrogen-bond acceptors (Lipinski definition) is 2. The second-order valence-electron chi connectivity index (χ2n) is 4.71. The molecule has 0 aromatic carbocycles. The first kappa shape index (κ1) is 13.1. The minimum Gasteiger partial charge on any atom is -0.345 e. The fraction of sp³-hybridized carbons (Fsp3) is 0.818. The van der Waals surface area contributed by atoms with Crippen molar-refractivity contribution in [2.75, 3.05) is 0 Å². The minimum absolute atomic E-state index is 0.234. The molecule has 0 fully saturated rings. The average molecular weight is 199 g/mol. The molecule has 0 radical (unpaired) electrons. The molecule has 0 heterocycles. The lowest BCUT2D eigenvalue weighted by Crippen LogP contribution is -2.46. The summed E-state index contributed by atoms with van der Waals surface area (Å²) in [6, 6.07) is 0. The van der Waals surface area contributed by atoms with E-state index in [9.17, 15) is 9.59 Å². The number of nitrogens with one attached hydrogen (secondary N) is 1. The van der Waals surface area contributed by atoms with Gasteiger partial charge in [-0.3, -0.25) is 9.59 Å². The van der Waals surface area contributed by atoms with Crippen molar-refractivity contribution in [1.29, 1.82) is 0 Å². The fourth-order valence-corrected chi connectivity index (χ4v) is 0.929. The molecule has 0 spiro atoms. The first-order valence-corrected chi connectivity index (χ1v) is 5.14. The molecule has 1 N–H and O–H groups in total. The number of amides is 1. The van der Waals surface area contributed by atoms with E-state index in [2.05, 4.69) is 5.32 Å². The smallest absolute Gasteiger partial charge is 0.287 e. The molecular weight excluding hydrogens is 178 g/mol. The maximum atomic E-state index is 11.4. The number of carbonyl (C=O) groups excluding carboxylic acids is 2. The lowest BCUT2D eigenvalue weighted by molar-refractivity contribution is -0.139. The molecule has 0 atom stereocenters. The van der Waals surface area contributed by atoms with Crippen LogP contribution in [0.2, 0.25) is 0 Å². The molecule has 0 aromatic rings. The second kappa shape index (κ2) is 5.13. The van der Waals surface area contributed by atoms with Crippen LogP contribution < -0.4 is 5.32 Å². The van der Waals surface area contributed by atoms with Crippen LogP contribution in [0.3, 0.4) is 0 Å². The predicted octanol–water partition coefficient (Wildman–Crippen LogP) is 1.91. The van der Waals surface area contributed by atoms with E-state index in [-0.39, 0.29) is 17.2 Å². The van der Waals surface area contributed by atoms with E-state index in [0.29, 0.717) is 6.42 Å². The summed E-state index contributed by atoms with van der Waals surface area (Å²) >= 11 is 0. The Kier molecular flexibility index (Phi) is 4.81. The molecule has 0 saturated heterocycles. The highest BCUT2D eigenvalue weighted by molar-refractivity contribution is 6.36. The van der Waals surface area contributed by atoms with Crippen LogP contribution in [-0.4, -0.2) is 17.2 Å². The summed E-state index contributed by atoms with van der Waals surface area (Å²) < 4.78 is 0. The molecule has 82 valence electrons. The van der Waals surface area contributed by atoms with Crippen molar-refractivity contribution in [3.05, 3.63) is 0 Å². The Labute approximate surface area is 86.3 Å². The normalized spacial score (nSPS) is 11.6.